The summed E-state index contributed by atoms with van der Waals surface area (Å²) in [5, 5.41) is 3.54. The maximum absolute atomic E-state index is 5.07. The van der Waals surface area contributed by atoms with Crippen molar-refractivity contribution in [3.63, 3.8) is 0 Å². The van der Waals surface area contributed by atoms with Crippen LogP contribution in [0.25, 0.3) is 77.7 Å². The highest BCUT2D eigenvalue weighted by Gasteiger charge is 2.24. The molecule has 0 saturated carbocycles. The Labute approximate surface area is 249 Å². The van der Waals surface area contributed by atoms with E-state index in [-0.39, 0.29) is 0 Å². The molecule has 2 heterocycles. The summed E-state index contributed by atoms with van der Waals surface area (Å²) in [6, 6.07) is 49.1. The molecule has 0 bridgehead atoms. The van der Waals surface area contributed by atoms with E-state index in [4.69, 9.17) is 9.97 Å². The smallest absolute Gasteiger partial charge is 0.160 e. The van der Waals surface area contributed by atoms with Crippen LogP contribution in [-0.2, 0) is 0 Å². The van der Waals surface area contributed by atoms with Gasteiger partial charge in [-0.25, -0.2) is 9.97 Å². The fourth-order valence-corrected chi connectivity index (χ4v) is 6.67. The van der Waals surface area contributed by atoms with Gasteiger partial charge in [0.1, 0.15) is 0 Å². The lowest BCUT2D eigenvalue weighted by Crippen LogP contribution is -1.97. The molecular formula is C40H25N3. The molecule has 2 aromatic heterocycles. The largest absolute Gasteiger partial charge is 0.309 e. The van der Waals surface area contributed by atoms with Gasteiger partial charge >= 0.3 is 0 Å². The first kappa shape index (κ1) is 23.9. The molecular weight excluding hydrogens is 522 g/mol. The Balaban J connectivity index is 1.21. The molecule has 1 aliphatic carbocycles. The van der Waals surface area contributed by atoms with E-state index in [0.717, 1.165) is 44.8 Å². The molecule has 0 spiro atoms. The van der Waals surface area contributed by atoms with Crippen LogP contribution in [0.5, 0.6) is 0 Å². The number of rotatable bonds is 3. The minimum absolute atomic E-state index is 0.721. The Bertz CT molecular complexity index is 2400. The van der Waals surface area contributed by atoms with Crippen LogP contribution in [0.15, 0.2) is 146 Å². The van der Waals surface area contributed by atoms with Gasteiger partial charge in [-0.2, -0.15) is 0 Å². The Morgan fingerprint density at radius 3 is 2.00 bits per heavy atom. The van der Waals surface area contributed by atoms with Crippen LogP contribution in [-0.4, -0.2) is 14.5 Å². The highest BCUT2D eigenvalue weighted by molar-refractivity contribution is 6.14. The van der Waals surface area contributed by atoms with Crippen molar-refractivity contribution in [3.8, 4) is 39.5 Å². The molecule has 0 amide bonds. The summed E-state index contributed by atoms with van der Waals surface area (Å²) in [6.07, 6.45) is 0. The molecule has 8 aromatic rings. The molecule has 0 N–H and O–H groups in total. The summed E-state index contributed by atoms with van der Waals surface area (Å²) < 4.78 is 2.36. The van der Waals surface area contributed by atoms with Gasteiger partial charge in [0.25, 0.3) is 0 Å². The molecule has 1 aliphatic rings. The Kier molecular flexibility index (Phi) is 5.05. The minimum Gasteiger partial charge on any atom is -0.309 e. The van der Waals surface area contributed by atoms with Crippen molar-refractivity contribution in [1.29, 1.82) is 0 Å². The third-order valence-corrected chi connectivity index (χ3v) is 8.71. The van der Waals surface area contributed by atoms with Crippen molar-refractivity contribution < 1.29 is 0 Å². The molecule has 3 heteroatoms. The summed E-state index contributed by atoms with van der Waals surface area (Å²) in [5.74, 6) is 0.721. The predicted molar refractivity (Wildman–Crippen MR) is 178 cm³/mol. The molecule has 0 atom stereocenters. The van der Waals surface area contributed by atoms with E-state index in [9.17, 15) is 0 Å². The molecule has 0 saturated heterocycles. The van der Waals surface area contributed by atoms with Crippen molar-refractivity contribution in [1.82, 2.24) is 14.5 Å². The lowest BCUT2D eigenvalue weighted by molar-refractivity contribution is 1.17. The molecule has 0 radical (unpaired) electrons. The summed E-state index contributed by atoms with van der Waals surface area (Å²) in [5.41, 5.74) is 13.4. The van der Waals surface area contributed by atoms with Crippen LogP contribution in [0, 0.1) is 0 Å². The average Bonchev–Trinajstić information content (AvgIpc) is 3.55. The summed E-state index contributed by atoms with van der Waals surface area (Å²) in [6.45, 7) is 4.47. The number of nitrogens with zero attached hydrogens (tertiary/aromatic N) is 3. The van der Waals surface area contributed by atoms with E-state index in [1.165, 1.54) is 44.1 Å². The molecule has 0 fully saturated rings. The van der Waals surface area contributed by atoms with Crippen molar-refractivity contribution in [2.75, 3.05) is 0 Å². The first-order valence-electron chi connectivity index (χ1n) is 14.5. The first-order chi connectivity index (χ1) is 21.2. The normalized spacial score (nSPS) is 12.2. The van der Waals surface area contributed by atoms with Crippen molar-refractivity contribution in [3.05, 3.63) is 157 Å². The maximum atomic E-state index is 5.07. The average molecular weight is 548 g/mol. The molecule has 43 heavy (non-hydrogen) atoms. The van der Waals surface area contributed by atoms with E-state index in [1.54, 1.807) is 0 Å². The zero-order valence-corrected chi connectivity index (χ0v) is 23.3. The number of hydrogen-bond donors (Lipinski definition) is 0. The molecule has 3 nitrogen and oxygen atoms in total. The number of hydrogen-bond acceptors (Lipinski definition) is 2. The molecule has 6 aromatic carbocycles. The molecule has 0 unspecified atom stereocenters. The number of fused-ring (bicyclic) bond motifs is 7. The standard InChI is InChI=1S/C40H25N3/c1-25-29-13-5-6-14-30(29)34-23-35-31-15-8-10-18-37(31)43(38(35)24-33(25)34)28-21-19-27(20-22-28)40-41-36-17-9-7-16-32(36)39(42-40)26-11-3-2-4-12-26/h2-24H,1H2. The zero-order valence-electron chi connectivity index (χ0n) is 23.3. The van der Waals surface area contributed by atoms with Crippen molar-refractivity contribution >= 4 is 38.3 Å². The Hall–Kier alpha value is -5.80. The second-order valence-electron chi connectivity index (χ2n) is 11.1. The quantitative estimate of drug-likeness (QED) is 0.220. The number of para-hydroxylation sites is 2. The molecule has 9 rings (SSSR count). The number of benzene rings is 6. The van der Waals surface area contributed by atoms with Crippen molar-refractivity contribution in [2.45, 2.75) is 0 Å². The van der Waals surface area contributed by atoms with Crippen LogP contribution >= 0.6 is 0 Å². The van der Waals surface area contributed by atoms with Crippen LogP contribution < -0.4 is 0 Å². The summed E-state index contributed by atoms with van der Waals surface area (Å²) >= 11 is 0. The first-order valence-corrected chi connectivity index (χ1v) is 14.5. The third-order valence-electron chi connectivity index (χ3n) is 8.71. The van der Waals surface area contributed by atoms with E-state index < -0.39 is 0 Å². The lowest BCUT2D eigenvalue weighted by atomic mass is 10.0. The SMILES string of the molecule is C=C1c2ccccc2-c2cc3c4ccccc4n(-c4ccc(-c5nc(-c6ccccc6)c6ccccc6n5)cc4)c3cc21. The lowest BCUT2D eigenvalue weighted by Gasteiger charge is -2.12. The van der Waals surface area contributed by atoms with Gasteiger partial charge < -0.3 is 4.57 Å². The molecule has 200 valence electrons. The van der Waals surface area contributed by atoms with Crippen LogP contribution in [0.2, 0.25) is 0 Å². The van der Waals surface area contributed by atoms with Gasteiger partial charge in [-0.05, 0) is 76.4 Å². The highest BCUT2D eigenvalue weighted by atomic mass is 15.0. The van der Waals surface area contributed by atoms with Gasteiger partial charge in [0.15, 0.2) is 5.82 Å². The maximum Gasteiger partial charge on any atom is 0.160 e. The van der Waals surface area contributed by atoms with Gasteiger partial charge in [0.2, 0.25) is 0 Å². The second-order valence-corrected chi connectivity index (χ2v) is 11.1. The second kappa shape index (κ2) is 9.10. The van der Waals surface area contributed by atoms with Gasteiger partial charge in [-0.3, -0.25) is 0 Å². The van der Waals surface area contributed by atoms with E-state index in [0.29, 0.717) is 0 Å². The van der Waals surface area contributed by atoms with Crippen LogP contribution in [0.4, 0.5) is 0 Å². The van der Waals surface area contributed by atoms with Gasteiger partial charge in [-0.1, -0.05) is 97.6 Å². The van der Waals surface area contributed by atoms with E-state index in [2.05, 4.69) is 132 Å². The van der Waals surface area contributed by atoms with E-state index in [1.807, 2.05) is 18.2 Å². The molecule has 0 aliphatic heterocycles. The topological polar surface area (TPSA) is 30.7 Å². The monoisotopic (exact) mass is 547 g/mol. The Morgan fingerprint density at radius 2 is 1.16 bits per heavy atom. The van der Waals surface area contributed by atoms with Crippen LogP contribution in [0.1, 0.15) is 11.1 Å². The fraction of sp³-hybridized carbons (Fsp3) is 0. The summed E-state index contributed by atoms with van der Waals surface area (Å²) in [4.78, 5) is 10.0. The van der Waals surface area contributed by atoms with Crippen molar-refractivity contribution in [2.24, 2.45) is 0 Å². The fourth-order valence-electron chi connectivity index (χ4n) is 6.67. The Morgan fingerprint density at radius 1 is 0.465 bits per heavy atom. The predicted octanol–water partition coefficient (Wildman–Crippen LogP) is 10.1. The third kappa shape index (κ3) is 3.55. The van der Waals surface area contributed by atoms with Gasteiger partial charge in [0, 0.05) is 33.0 Å². The highest BCUT2D eigenvalue weighted by Crippen LogP contribution is 2.46. The number of aromatic nitrogens is 3. The van der Waals surface area contributed by atoms with Crippen LogP contribution in [0.3, 0.4) is 0 Å². The summed E-state index contributed by atoms with van der Waals surface area (Å²) in [7, 11) is 0. The minimum atomic E-state index is 0.721. The zero-order chi connectivity index (χ0) is 28.5. The van der Waals surface area contributed by atoms with E-state index >= 15 is 0 Å². The van der Waals surface area contributed by atoms with Gasteiger partial charge in [0.05, 0.1) is 22.2 Å². The van der Waals surface area contributed by atoms with Gasteiger partial charge in [-0.15, -0.1) is 0 Å².